The predicted octanol–water partition coefficient (Wildman–Crippen LogP) is 4.43. The summed E-state index contributed by atoms with van der Waals surface area (Å²) in [5.41, 5.74) is 1.27. The third-order valence-corrected chi connectivity index (χ3v) is 8.07. The first kappa shape index (κ1) is 20.7. The molecule has 0 radical (unpaired) electrons. The van der Waals surface area contributed by atoms with E-state index in [4.69, 9.17) is 4.74 Å². The average Bonchev–Trinajstić information content (AvgIpc) is 3.03. The Morgan fingerprint density at radius 3 is 2.53 bits per heavy atom. The summed E-state index contributed by atoms with van der Waals surface area (Å²) in [6.07, 6.45) is 9.09. The van der Waals surface area contributed by atoms with Gasteiger partial charge in [-0.05, 0) is 57.9 Å². The number of aromatic nitrogens is 1. The van der Waals surface area contributed by atoms with E-state index in [1.165, 1.54) is 3.97 Å². The highest BCUT2D eigenvalue weighted by atomic mass is 32.2. The van der Waals surface area contributed by atoms with Gasteiger partial charge < -0.3 is 9.64 Å². The number of fused-ring (bicyclic) bond motifs is 1. The maximum atomic E-state index is 13.3. The minimum absolute atomic E-state index is 0.228. The second kappa shape index (κ2) is 7.01. The zero-order valence-corrected chi connectivity index (χ0v) is 18.6. The Morgan fingerprint density at radius 1 is 1.17 bits per heavy atom. The molecule has 2 aliphatic rings. The van der Waals surface area contributed by atoms with Crippen LogP contribution in [0.4, 0.5) is 4.79 Å². The van der Waals surface area contributed by atoms with Crippen LogP contribution in [0.25, 0.3) is 10.9 Å². The molecule has 0 bridgehead atoms. The van der Waals surface area contributed by atoms with Crippen LogP contribution in [0.5, 0.6) is 0 Å². The number of rotatable bonds is 3. The van der Waals surface area contributed by atoms with E-state index in [0.717, 1.165) is 10.9 Å². The summed E-state index contributed by atoms with van der Waals surface area (Å²) in [4.78, 5) is 13.8. The van der Waals surface area contributed by atoms with E-state index < -0.39 is 20.4 Å². The molecule has 1 amide bonds. The Morgan fingerprint density at radius 2 is 1.90 bits per heavy atom. The normalized spacial score (nSPS) is 22.3. The van der Waals surface area contributed by atoms with E-state index in [2.05, 4.69) is 0 Å². The lowest BCUT2D eigenvalue weighted by molar-refractivity contribution is 0.00820. The topological polar surface area (TPSA) is 68.6 Å². The fourth-order valence-electron chi connectivity index (χ4n) is 3.89. The van der Waals surface area contributed by atoms with E-state index in [0.29, 0.717) is 25.0 Å². The number of hydrogen-bond acceptors (Lipinski definition) is 4. The standard InChI is InChI=1S/C23H28N2O4S/c1-22(2,3)29-21(26)24-15-19(16-24)17-8-9-20-18(14-17)10-13-25(20)30(27,28)23(4)11-6-5-7-12-23/h5-11,13-14,19H,12,15-16H2,1-4H3. The van der Waals surface area contributed by atoms with E-state index in [-0.39, 0.29) is 12.0 Å². The maximum absolute atomic E-state index is 13.3. The molecule has 1 aromatic carbocycles. The van der Waals surface area contributed by atoms with Crippen LogP contribution in [0, 0.1) is 0 Å². The molecule has 0 saturated carbocycles. The highest BCUT2D eigenvalue weighted by molar-refractivity contribution is 7.91. The van der Waals surface area contributed by atoms with E-state index in [1.54, 1.807) is 30.2 Å². The van der Waals surface area contributed by atoms with Gasteiger partial charge >= 0.3 is 6.09 Å². The molecule has 1 atom stereocenters. The Hall–Kier alpha value is -2.54. The summed E-state index contributed by atoms with van der Waals surface area (Å²) in [6.45, 7) is 8.53. The molecule has 1 aromatic heterocycles. The molecule has 0 spiro atoms. The highest BCUT2D eigenvalue weighted by Crippen LogP contribution is 2.34. The fraction of sp³-hybridized carbons (Fsp3) is 0.435. The molecule has 7 heteroatoms. The third-order valence-electron chi connectivity index (χ3n) is 5.75. The molecule has 1 unspecified atom stereocenters. The highest BCUT2D eigenvalue weighted by Gasteiger charge is 2.39. The summed E-state index contributed by atoms with van der Waals surface area (Å²) >= 11 is 0. The van der Waals surface area contributed by atoms with Gasteiger partial charge in [-0.2, -0.15) is 0 Å². The summed E-state index contributed by atoms with van der Waals surface area (Å²) in [6, 6.07) is 7.69. The Bertz CT molecular complexity index is 1150. The first-order valence-corrected chi connectivity index (χ1v) is 11.6. The van der Waals surface area contributed by atoms with Crippen molar-refractivity contribution < 1.29 is 17.9 Å². The zero-order valence-electron chi connectivity index (χ0n) is 17.8. The largest absolute Gasteiger partial charge is 0.444 e. The van der Waals surface area contributed by atoms with Crippen LogP contribution >= 0.6 is 0 Å². The van der Waals surface area contributed by atoms with Gasteiger partial charge in [0.25, 0.3) is 0 Å². The van der Waals surface area contributed by atoms with Gasteiger partial charge in [0.15, 0.2) is 0 Å². The maximum Gasteiger partial charge on any atom is 0.410 e. The van der Waals surface area contributed by atoms with Crippen LogP contribution in [0.15, 0.2) is 54.8 Å². The van der Waals surface area contributed by atoms with Gasteiger partial charge in [0, 0.05) is 30.6 Å². The number of ether oxygens (including phenoxy) is 1. The van der Waals surface area contributed by atoms with Gasteiger partial charge in [-0.25, -0.2) is 17.2 Å². The summed E-state index contributed by atoms with van der Waals surface area (Å²) in [5, 5.41) is 0.880. The van der Waals surface area contributed by atoms with Gasteiger partial charge in [-0.3, -0.25) is 0 Å². The second-order valence-electron chi connectivity index (χ2n) is 9.32. The molecule has 4 rings (SSSR count). The molecule has 6 nitrogen and oxygen atoms in total. The predicted molar refractivity (Wildman–Crippen MR) is 118 cm³/mol. The zero-order chi connectivity index (χ0) is 21.7. The quantitative estimate of drug-likeness (QED) is 0.725. The second-order valence-corrected chi connectivity index (χ2v) is 11.6. The molecule has 2 aromatic rings. The molecule has 1 fully saturated rings. The minimum Gasteiger partial charge on any atom is -0.444 e. The lowest BCUT2D eigenvalue weighted by Crippen LogP contribution is -2.50. The van der Waals surface area contributed by atoms with Crippen molar-refractivity contribution in [2.75, 3.05) is 13.1 Å². The minimum atomic E-state index is -3.60. The van der Waals surface area contributed by atoms with Crippen LogP contribution in [0.2, 0.25) is 0 Å². The van der Waals surface area contributed by atoms with Gasteiger partial charge in [0.1, 0.15) is 10.3 Å². The van der Waals surface area contributed by atoms with Crippen molar-refractivity contribution in [3.63, 3.8) is 0 Å². The summed E-state index contributed by atoms with van der Waals surface area (Å²) in [5.74, 6) is 0.228. The van der Waals surface area contributed by atoms with Gasteiger partial charge in [-0.1, -0.05) is 30.4 Å². The van der Waals surface area contributed by atoms with Crippen molar-refractivity contribution in [1.82, 2.24) is 8.87 Å². The smallest absolute Gasteiger partial charge is 0.410 e. The molecular weight excluding hydrogens is 400 g/mol. The number of carbonyl (C=O) groups excluding carboxylic acids is 1. The lowest BCUT2D eigenvalue weighted by atomic mass is 9.91. The van der Waals surface area contributed by atoms with E-state index in [1.807, 2.05) is 57.2 Å². The van der Waals surface area contributed by atoms with E-state index in [9.17, 15) is 13.2 Å². The van der Waals surface area contributed by atoms with E-state index >= 15 is 0 Å². The monoisotopic (exact) mass is 428 g/mol. The molecule has 1 aliphatic carbocycles. The van der Waals surface area contributed by atoms with Crippen LogP contribution in [0.3, 0.4) is 0 Å². The van der Waals surface area contributed by atoms with Crippen molar-refractivity contribution in [3.05, 3.63) is 60.3 Å². The van der Waals surface area contributed by atoms with Crippen molar-refractivity contribution in [1.29, 1.82) is 0 Å². The van der Waals surface area contributed by atoms with Crippen LogP contribution < -0.4 is 0 Å². The number of nitrogens with zero attached hydrogens (tertiary/aromatic N) is 2. The summed E-state index contributed by atoms with van der Waals surface area (Å²) in [7, 11) is -3.60. The molecule has 30 heavy (non-hydrogen) atoms. The van der Waals surface area contributed by atoms with Crippen LogP contribution in [-0.4, -0.2) is 46.8 Å². The molecule has 160 valence electrons. The summed E-state index contributed by atoms with van der Waals surface area (Å²) < 4.78 is 32.5. The Kier molecular flexibility index (Phi) is 4.84. The Balaban J connectivity index is 1.54. The number of carbonyl (C=O) groups is 1. The van der Waals surface area contributed by atoms with Crippen molar-refractivity contribution in [3.8, 4) is 0 Å². The number of allylic oxidation sites excluding steroid dienone is 3. The third kappa shape index (κ3) is 3.55. The number of benzene rings is 1. The molecule has 1 aliphatic heterocycles. The molecule has 2 heterocycles. The van der Waals surface area contributed by atoms with Gasteiger partial charge in [0.2, 0.25) is 10.0 Å². The first-order chi connectivity index (χ1) is 14.0. The Labute approximate surface area is 177 Å². The molecule has 0 N–H and O–H groups in total. The van der Waals surface area contributed by atoms with Gasteiger partial charge in [0.05, 0.1) is 5.52 Å². The fourth-order valence-corrected chi connectivity index (χ4v) is 5.54. The average molecular weight is 429 g/mol. The number of amides is 1. The van der Waals surface area contributed by atoms with Crippen molar-refractivity contribution in [2.45, 2.75) is 50.4 Å². The number of hydrogen-bond donors (Lipinski definition) is 0. The van der Waals surface area contributed by atoms with Crippen LogP contribution in [0.1, 0.15) is 45.6 Å². The van der Waals surface area contributed by atoms with Crippen molar-refractivity contribution >= 4 is 27.0 Å². The molecule has 1 saturated heterocycles. The van der Waals surface area contributed by atoms with Crippen molar-refractivity contribution in [2.24, 2.45) is 0 Å². The SMILES string of the molecule is CC(C)(C)OC(=O)N1CC(c2ccc3c(ccn3S(=O)(=O)C3(C)C=CC=CC3)c2)C1. The first-order valence-electron chi connectivity index (χ1n) is 10.2. The lowest BCUT2D eigenvalue weighted by Gasteiger charge is -2.40. The van der Waals surface area contributed by atoms with Gasteiger partial charge in [-0.15, -0.1) is 0 Å². The molecular formula is C23H28N2O4S. The van der Waals surface area contributed by atoms with Crippen LogP contribution in [-0.2, 0) is 14.8 Å². The number of likely N-dealkylation sites (tertiary alicyclic amines) is 1.